The van der Waals surface area contributed by atoms with E-state index in [1.165, 1.54) is 11.1 Å². The number of carbonyl (C=O) groups is 1. The molecule has 22 heavy (non-hydrogen) atoms. The molecule has 0 aromatic heterocycles. The van der Waals surface area contributed by atoms with Crippen molar-refractivity contribution in [2.24, 2.45) is 11.1 Å². The molecular formula is C19H21NO2. The fourth-order valence-corrected chi connectivity index (χ4v) is 3.32. The van der Waals surface area contributed by atoms with Gasteiger partial charge in [0.1, 0.15) is 0 Å². The Labute approximate surface area is 131 Å². The van der Waals surface area contributed by atoms with Crippen LogP contribution in [0.3, 0.4) is 0 Å². The zero-order valence-electron chi connectivity index (χ0n) is 12.8. The van der Waals surface area contributed by atoms with Gasteiger partial charge in [-0.2, -0.15) is 0 Å². The van der Waals surface area contributed by atoms with E-state index in [2.05, 4.69) is 24.3 Å². The highest BCUT2D eigenvalue weighted by atomic mass is 16.5. The Kier molecular flexibility index (Phi) is 3.99. The van der Waals surface area contributed by atoms with E-state index in [9.17, 15) is 4.79 Å². The first kappa shape index (κ1) is 14.8. The van der Waals surface area contributed by atoms with Crippen LogP contribution in [0.5, 0.6) is 0 Å². The van der Waals surface area contributed by atoms with Gasteiger partial charge in [0.25, 0.3) is 0 Å². The summed E-state index contributed by atoms with van der Waals surface area (Å²) in [7, 11) is 0. The number of benzene rings is 2. The van der Waals surface area contributed by atoms with Gasteiger partial charge in [0.05, 0.1) is 12.0 Å². The van der Waals surface area contributed by atoms with Crippen LogP contribution in [0.2, 0.25) is 0 Å². The molecule has 0 unspecified atom stereocenters. The molecule has 0 fully saturated rings. The third kappa shape index (κ3) is 2.42. The van der Waals surface area contributed by atoms with E-state index in [0.717, 1.165) is 11.1 Å². The van der Waals surface area contributed by atoms with Crippen molar-refractivity contribution in [3.8, 4) is 11.1 Å². The molecule has 2 N–H and O–H groups in total. The lowest BCUT2D eigenvalue weighted by Crippen LogP contribution is -2.43. The monoisotopic (exact) mass is 295 g/mol. The third-order valence-electron chi connectivity index (χ3n) is 4.48. The molecule has 0 saturated carbocycles. The predicted octanol–water partition coefficient (Wildman–Crippen LogP) is 2.96. The topological polar surface area (TPSA) is 52.3 Å². The second-order valence-corrected chi connectivity index (χ2v) is 5.87. The van der Waals surface area contributed by atoms with Crippen molar-refractivity contribution in [2.45, 2.75) is 19.8 Å². The summed E-state index contributed by atoms with van der Waals surface area (Å²) in [5.74, 6) is -0.191. The summed E-state index contributed by atoms with van der Waals surface area (Å²) in [6.45, 7) is 2.50. The normalized spacial score (nSPS) is 15.4. The first-order valence-corrected chi connectivity index (χ1v) is 7.73. The van der Waals surface area contributed by atoms with Crippen molar-refractivity contribution >= 4 is 5.97 Å². The van der Waals surface area contributed by atoms with E-state index in [-0.39, 0.29) is 12.5 Å². The number of fused-ring (bicyclic) bond motifs is 3. The summed E-state index contributed by atoms with van der Waals surface area (Å²) in [4.78, 5) is 12.6. The van der Waals surface area contributed by atoms with Gasteiger partial charge in [-0.3, -0.25) is 4.79 Å². The van der Waals surface area contributed by atoms with Crippen molar-refractivity contribution in [3.63, 3.8) is 0 Å². The maximum atomic E-state index is 12.6. The third-order valence-corrected chi connectivity index (χ3v) is 4.48. The number of hydrogen-bond acceptors (Lipinski definition) is 3. The van der Waals surface area contributed by atoms with Crippen LogP contribution in [0.25, 0.3) is 11.1 Å². The number of carbonyl (C=O) groups excluding carboxylic acids is 1. The number of hydrogen-bond donors (Lipinski definition) is 1. The van der Waals surface area contributed by atoms with Crippen LogP contribution in [0.4, 0.5) is 0 Å². The Balaban J connectivity index is 2.18. The van der Waals surface area contributed by atoms with E-state index in [1.54, 1.807) is 0 Å². The van der Waals surface area contributed by atoms with E-state index < -0.39 is 5.41 Å². The molecule has 0 bridgehead atoms. The molecule has 0 spiro atoms. The molecule has 2 aromatic rings. The molecule has 0 saturated heterocycles. The number of ether oxygens (including phenoxy) is 1. The number of esters is 1. The summed E-state index contributed by atoms with van der Waals surface area (Å²) in [6, 6.07) is 16.5. The number of rotatable bonds is 3. The Morgan fingerprint density at radius 1 is 1.05 bits per heavy atom. The summed E-state index contributed by atoms with van der Waals surface area (Å²) < 4.78 is 5.34. The molecule has 114 valence electrons. The molecule has 3 rings (SSSR count). The van der Waals surface area contributed by atoms with Crippen LogP contribution in [0.1, 0.15) is 18.1 Å². The van der Waals surface area contributed by atoms with E-state index >= 15 is 0 Å². The first-order valence-electron chi connectivity index (χ1n) is 7.73. The molecular weight excluding hydrogens is 274 g/mol. The fourth-order valence-electron chi connectivity index (χ4n) is 3.32. The van der Waals surface area contributed by atoms with Crippen molar-refractivity contribution in [1.82, 2.24) is 0 Å². The molecule has 0 atom stereocenters. The van der Waals surface area contributed by atoms with E-state index in [1.807, 2.05) is 31.2 Å². The van der Waals surface area contributed by atoms with Gasteiger partial charge in [0, 0.05) is 6.54 Å². The van der Waals surface area contributed by atoms with Crippen LogP contribution >= 0.6 is 0 Å². The van der Waals surface area contributed by atoms with E-state index in [0.29, 0.717) is 19.4 Å². The van der Waals surface area contributed by atoms with Gasteiger partial charge in [-0.15, -0.1) is 0 Å². The SMILES string of the molecule is CCOC(=O)C1(CN)Cc2ccccc2-c2ccccc2C1. The molecule has 3 heteroatoms. The van der Waals surface area contributed by atoms with Gasteiger partial charge >= 0.3 is 5.97 Å². The van der Waals surface area contributed by atoms with Gasteiger partial charge in [0.2, 0.25) is 0 Å². The maximum Gasteiger partial charge on any atom is 0.314 e. The Morgan fingerprint density at radius 2 is 1.55 bits per heavy atom. The second kappa shape index (κ2) is 5.93. The minimum atomic E-state index is -0.682. The highest BCUT2D eigenvalue weighted by Crippen LogP contribution is 2.40. The van der Waals surface area contributed by atoms with Crippen LogP contribution in [-0.2, 0) is 22.4 Å². The lowest BCUT2D eigenvalue weighted by atomic mass is 9.78. The van der Waals surface area contributed by atoms with Crippen LogP contribution in [0, 0.1) is 5.41 Å². The Bertz CT molecular complexity index is 646. The standard InChI is InChI=1S/C19H21NO2/c1-2-22-18(21)19(13-20)11-14-7-3-5-9-16(14)17-10-6-4-8-15(17)12-19/h3-10H,2,11-13,20H2,1H3. The van der Waals surface area contributed by atoms with Crippen molar-refractivity contribution in [1.29, 1.82) is 0 Å². The van der Waals surface area contributed by atoms with Crippen molar-refractivity contribution < 1.29 is 9.53 Å². The van der Waals surface area contributed by atoms with Gasteiger partial charge in [-0.1, -0.05) is 48.5 Å². The fraction of sp³-hybridized carbons (Fsp3) is 0.316. The molecule has 3 nitrogen and oxygen atoms in total. The second-order valence-electron chi connectivity index (χ2n) is 5.87. The summed E-state index contributed by atoms with van der Waals surface area (Å²) >= 11 is 0. The maximum absolute atomic E-state index is 12.6. The molecule has 0 aliphatic heterocycles. The lowest BCUT2D eigenvalue weighted by Gasteiger charge is -2.29. The average molecular weight is 295 g/mol. The molecule has 0 heterocycles. The molecule has 2 aromatic carbocycles. The molecule has 1 aliphatic rings. The predicted molar refractivity (Wildman–Crippen MR) is 87.4 cm³/mol. The van der Waals surface area contributed by atoms with Gasteiger partial charge in [-0.25, -0.2) is 0 Å². The Hall–Kier alpha value is -2.13. The number of nitrogens with two attached hydrogens (primary N) is 1. The minimum absolute atomic E-state index is 0.191. The van der Waals surface area contributed by atoms with E-state index in [4.69, 9.17) is 10.5 Å². The van der Waals surface area contributed by atoms with Crippen LogP contribution in [0.15, 0.2) is 48.5 Å². The van der Waals surface area contributed by atoms with Crippen molar-refractivity contribution in [2.75, 3.05) is 13.2 Å². The zero-order chi connectivity index (χ0) is 15.6. The minimum Gasteiger partial charge on any atom is -0.466 e. The largest absolute Gasteiger partial charge is 0.466 e. The van der Waals surface area contributed by atoms with Gasteiger partial charge < -0.3 is 10.5 Å². The highest BCUT2D eigenvalue weighted by Gasteiger charge is 2.41. The molecule has 1 aliphatic carbocycles. The Morgan fingerprint density at radius 3 is 2.00 bits per heavy atom. The molecule has 0 radical (unpaired) electrons. The summed E-state index contributed by atoms with van der Waals surface area (Å²) in [5.41, 5.74) is 10.1. The van der Waals surface area contributed by atoms with Gasteiger partial charge in [0.15, 0.2) is 0 Å². The smallest absolute Gasteiger partial charge is 0.314 e. The highest BCUT2D eigenvalue weighted by molar-refractivity contribution is 5.82. The molecule has 0 amide bonds. The average Bonchev–Trinajstić information content (AvgIpc) is 2.70. The van der Waals surface area contributed by atoms with Crippen LogP contribution < -0.4 is 5.73 Å². The zero-order valence-corrected chi connectivity index (χ0v) is 12.8. The summed E-state index contributed by atoms with van der Waals surface area (Å²) in [5, 5.41) is 0. The lowest BCUT2D eigenvalue weighted by molar-refractivity contribution is -0.154. The summed E-state index contributed by atoms with van der Waals surface area (Å²) in [6.07, 6.45) is 1.24. The quantitative estimate of drug-likeness (QED) is 0.886. The van der Waals surface area contributed by atoms with Gasteiger partial charge in [-0.05, 0) is 42.0 Å². The first-order chi connectivity index (χ1) is 10.7. The van der Waals surface area contributed by atoms with Crippen molar-refractivity contribution in [3.05, 3.63) is 59.7 Å². The van der Waals surface area contributed by atoms with Crippen LogP contribution in [-0.4, -0.2) is 19.1 Å².